The summed E-state index contributed by atoms with van der Waals surface area (Å²) in [6, 6.07) is 6.76. The van der Waals surface area contributed by atoms with Gasteiger partial charge in [-0.3, -0.25) is 10.9 Å². The maximum atomic E-state index is 10.5. The van der Waals surface area contributed by atoms with E-state index in [1.165, 1.54) is 32.4 Å². The zero-order valence-corrected chi connectivity index (χ0v) is 14.1. The van der Waals surface area contributed by atoms with Gasteiger partial charge in [-0.25, -0.2) is 14.4 Å². The van der Waals surface area contributed by atoms with Crippen LogP contribution in [0.25, 0.3) is 0 Å². The number of carboxylic acids is 3. The number of aromatic carboxylic acids is 1. The van der Waals surface area contributed by atoms with E-state index < -0.39 is 17.9 Å². The molecule has 0 amide bonds. The standard InChI is InChI=1S/C9H12N2O2.C5H11N.C2H2O4/c1-10-11-6-7-2-4-8(5-3-7)9(12)13;1-2-4-6-5-3-1;3-1(4)2(5)6/h2-5,10-11H,6H2,1H3,(H,12,13);6H,1-5H2;(H,3,4)(H,5,6). The van der Waals surface area contributed by atoms with Crippen LogP contribution in [0.15, 0.2) is 24.3 Å². The first-order valence-corrected chi connectivity index (χ1v) is 7.77. The first-order chi connectivity index (χ1) is 11.9. The summed E-state index contributed by atoms with van der Waals surface area (Å²) in [5.74, 6) is -4.54. The number of hydrogen-bond donors (Lipinski definition) is 6. The molecular weight excluding hydrogens is 330 g/mol. The third-order valence-electron chi connectivity index (χ3n) is 3.06. The lowest BCUT2D eigenvalue weighted by Gasteiger charge is -2.08. The lowest BCUT2D eigenvalue weighted by Crippen LogP contribution is -2.26. The monoisotopic (exact) mass is 355 g/mol. The largest absolute Gasteiger partial charge is 0.478 e. The molecule has 0 unspecified atom stereocenters. The zero-order valence-electron chi connectivity index (χ0n) is 14.1. The Labute approximate surface area is 146 Å². The first kappa shape index (κ1) is 22.5. The van der Waals surface area contributed by atoms with Crippen LogP contribution >= 0.6 is 0 Å². The molecule has 1 aromatic carbocycles. The van der Waals surface area contributed by atoms with Gasteiger partial charge in [-0.05, 0) is 50.7 Å². The van der Waals surface area contributed by atoms with Crippen molar-refractivity contribution in [2.24, 2.45) is 0 Å². The molecule has 0 spiro atoms. The van der Waals surface area contributed by atoms with E-state index in [4.69, 9.17) is 24.9 Å². The molecule has 2 rings (SSSR count). The summed E-state index contributed by atoms with van der Waals surface area (Å²) in [7, 11) is 1.78. The molecule has 1 heterocycles. The van der Waals surface area contributed by atoms with Gasteiger partial charge < -0.3 is 20.6 Å². The molecule has 1 fully saturated rings. The number of rotatable bonds is 4. The minimum Gasteiger partial charge on any atom is -0.478 e. The van der Waals surface area contributed by atoms with Crippen LogP contribution in [-0.2, 0) is 16.1 Å². The second-order valence-electron chi connectivity index (χ2n) is 5.03. The van der Waals surface area contributed by atoms with Crippen LogP contribution in [0.3, 0.4) is 0 Å². The Hall–Kier alpha value is -2.49. The number of aliphatic carboxylic acids is 2. The number of benzene rings is 1. The second-order valence-corrected chi connectivity index (χ2v) is 5.03. The topological polar surface area (TPSA) is 148 Å². The maximum absolute atomic E-state index is 10.5. The Morgan fingerprint density at radius 3 is 1.76 bits per heavy atom. The van der Waals surface area contributed by atoms with Crippen molar-refractivity contribution in [3.05, 3.63) is 35.4 Å². The molecule has 1 aliphatic heterocycles. The minimum atomic E-state index is -1.82. The Morgan fingerprint density at radius 2 is 1.48 bits per heavy atom. The predicted octanol–water partition coefficient (Wildman–Crippen LogP) is 0.524. The van der Waals surface area contributed by atoms with E-state index in [1.54, 1.807) is 31.3 Å². The number of piperidine rings is 1. The van der Waals surface area contributed by atoms with Gasteiger partial charge in [-0.1, -0.05) is 18.6 Å². The molecule has 9 heteroatoms. The second kappa shape index (κ2) is 13.9. The molecule has 1 saturated heterocycles. The summed E-state index contributed by atoms with van der Waals surface area (Å²) in [6.45, 7) is 3.18. The van der Waals surface area contributed by atoms with E-state index in [-0.39, 0.29) is 0 Å². The summed E-state index contributed by atoms with van der Waals surface area (Å²) in [5.41, 5.74) is 7.06. The highest BCUT2D eigenvalue weighted by atomic mass is 16.4. The van der Waals surface area contributed by atoms with Gasteiger partial charge in [0.2, 0.25) is 0 Å². The summed E-state index contributed by atoms with van der Waals surface area (Å²) < 4.78 is 0. The Bertz CT molecular complexity index is 506. The van der Waals surface area contributed by atoms with E-state index in [1.807, 2.05) is 0 Å². The van der Waals surface area contributed by atoms with Crippen molar-refractivity contribution in [1.82, 2.24) is 16.2 Å². The third-order valence-corrected chi connectivity index (χ3v) is 3.06. The Morgan fingerprint density at radius 1 is 0.960 bits per heavy atom. The summed E-state index contributed by atoms with van der Waals surface area (Å²) in [6.07, 6.45) is 4.22. The fourth-order valence-electron chi connectivity index (χ4n) is 1.76. The molecule has 140 valence electrons. The van der Waals surface area contributed by atoms with Gasteiger partial charge in [0.05, 0.1) is 5.56 Å². The van der Waals surface area contributed by atoms with Crippen molar-refractivity contribution in [2.45, 2.75) is 25.8 Å². The average Bonchev–Trinajstić information content (AvgIpc) is 2.62. The van der Waals surface area contributed by atoms with Crippen molar-refractivity contribution in [3.63, 3.8) is 0 Å². The van der Waals surface area contributed by atoms with Gasteiger partial charge in [0, 0.05) is 6.54 Å². The maximum Gasteiger partial charge on any atom is 0.414 e. The normalized spacial score (nSPS) is 12.7. The van der Waals surface area contributed by atoms with E-state index in [0.29, 0.717) is 12.1 Å². The van der Waals surface area contributed by atoms with E-state index in [0.717, 1.165) is 5.56 Å². The predicted molar refractivity (Wildman–Crippen MR) is 91.3 cm³/mol. The molecule has 9 nitrogen and oxygen atoms in total. The first-order valence-electron chi connectivity index (χ1n) is 7.77. The van der Waals surface area contributed by atoms with Crippen molar-refractivity contribution in [1.29, 1.82) is 0 Å². The highest BCUT2D eigenvalue weighted by Crippen LogP contribution is 2.03. The quantitative estimate of drug-likeness (QED) is 0.336. The van der Waals surface area contributed by atoms with Crippen LogP contribution in [0.5, 0.6) is 0 Å². The molecule has 1 aliphatic rings. The molecule has 25 heavy (non-hydrogen) atoms. The van der Waals surface area contributed by atoms with Crippen LogP contribution in [-0.4, -0.2) is 53.4 Å². The number of hydrazine groups is 1. The number of carbonyl (C=O) groups is 3. The van der Waals surface area contributed by atoms with E-state index >= 15 is 0 Å². The molecular formula is C16H25N3O6. The number of carboxylic acid groups (broad SMARTS) is 3. The van der Waals surface area contributed by atoms with Crippen molar-refractivity contribution in [3.8, 4) is 0 Å². The Kier molecular flexibility index (Phi) is 12.5. The summed E-state index contributed by atoms with van der Waals surface area (Å²) in [4.78, 5) is 28.7. The van der Waals surface area contributed by atoms with E-state index in [2.05, 4.69) is 16.2 Å². The van der Waals surface area contributed by atoms with Gasteiger partial charge in [-0.2, -0.15) is 0 Å². The van der Waals surface area contributed by atoms with Crippen molar-refractivity contribution in [2.75, 3.05) is 20.1 Å². The molecule has 6 N–H and O–H groups in total. The highest BCUT2D eigenvalue weighted by molar-refractivity contribution is 6.27. The number of hydrogen-bond acceptors (Lipinski definition) is 6. The van der Waals surface area contributed by atoms with Crippen LogP contribution in [0.1, 0.15) is 35.2 Å². The van der Waals surface area contributed by atoms with Crippen LogP contribution < -0.4 is 16.2 Å². The van der Waals surface area contributed by atoms with Gasteiger partial charge in [-0.15, -0.1) is 0 Å². The SMILES string of the molecule is C1CCNCC1.CNNCc1ccc(C(=O)O)cc1.O=C(O)C(=O)O. The molecule has 0 bridgehead atoms. The fourth-order valence-corrected chi connectivity index (χ4v) is 1.76. The highest BCUT2D eigenvalue weighted by Gasteiger charge is 2.04. The molecule has 0 atom stereocenters. The summed E-state index contributed by atoms with van der Waals surface area (Å²) in [5, 5.41) is 26.7. The molecule has 0 aromatic heterocycles. The van der Waals surface area contributed by atoms with Crippen LogP contribution in [0, 0.1) is 0 Å². The summed E-state index contributed by atoms with van der Waals surface area (Å²) >= 11 is 0. The number of nitrogens with one attached hydrogen (secondary N) is 3. The lowest BCUT2D eigenvalue weighted by molar-refractivity contribution is -0.159. The van der Waals surface area contributed by atoms with Gasteiger partial charge in [0.25, 0.3) is 0 Å². The molecule has 0 saturated carbocycles. The lowest BCUT2D eigenvalue weighted by atomic mass is 10.1. The van der Waals surface area contributed by atoms with Gasteiger partial charge in [0.15, 0.2) is 0 Å². The smallest absolute Gasteiger partial charge is 0.414 e. The Balaban J connectivity index is 0.000000399. The van der Waals surface area contributed by atoms with Crippen molar-refractivity contribution >= 4 is 17.9 Å². The average molecular weight is 355 g/mol. The zero-order chi connectivity index (χ0) is 19.1. The van der Waals surface area contributed by atoms with Gasteiger partial charge >= 0.3 is 17.9 Å². The van der Waals surface area contributed by atoms with Crippen LogP contribution in [0.2, 0.25) is 0 Å². The van der Waals surface area contributed by atoms with Crippen molar-refractivity contribution < 1.29 is 29.7 Å². The third kappa shape index (κ3) is 12.6. The van der Waals surface area contributed by atoms with Gasteiger partial charge in [0.1, 0.15) is 0 Å². The van der Waals surface area contributed by atoms with Crippen LogP contribution in [0.4, 0.5) is 0 Å². The molecule has 0 radical (unpaired) electrons. The molecule has 0 aliphatic carbocycles. The molecule has 1 aromatic rings. The minimum absolute atomic E-state index is 0.313. The fraction of sp³-hybridized carbons (Fsp3) is 0.438. The van der Waals surface area contributed by atoms with E-state index in [9.17, 15) is 4.79 Å².